The van der Waals surface area contributed by atoms with Crippen molar-refractivity contribution >= 4 is 29.4 Å². The van der Waals surface area contributed by atoms with Crippen LogP contribution >= 0.6 is 0 Å². The fraction of sp³-hybridized carbons (Fsp3) is 0.304. The van der Waals surface area contributed by atoms with E-state index in [4.69, 9.17) is 16.2 Å². The van der Waals surface area contributed by atoms with E-state index in [2.05, 4.69) is 5.32 Å². The first-order valence-electron chi connectivity index (χ1n) is 9.99. The van der Waals surface area contributed by atoms with Gasteiger partial charge in [-0.05, 0) is 47.2 Å². The first-order chi connectivity index (χ1) is 14.9. The zero-order valence-electron chi connectivity index (χ0n) is 18.4. The van der Waals surface area contributed by atoms with Crippen LogP contribution in [0.4, 0.5) is 5.69 Å². The van der Waals surface area contributed by atoms with Crippen molar-refractivity contribution in [2.45, 2.75) is 39.5 Å². The van der Waals surface area contributed by atoms with Gasteiger partial charge in [0.15, 0.2) is 6.61 Å². The molecule has 0 saturated carbocycles. The van der Waals surface area contributed by atoms with Crippen molar-refractivity contribution in [2.75, 3.05) is 11.9 Å². The molecule has 0 spiro atoms. The second-order valence-electron chi connectivity index (χ2n) is 7.97. The third-order valence-electron chi connectivity index (χ3n) is 4.79. The number of nitrogens with one attached hydrogen (secondary N) is 1. The van der Waals surface area contributed by atoms with Gasteiger partial charge in [0, 0.05) is 16.8 Å². The molecule has 2 rings (SSSR count). The van der Waals surface area contributed by atoms with Crippen LogP contribution in [0.15, 0.2) is 30.3 Å². The van der Waals surface area contributed by atoms with Crippen molar-refractivity contribution in [1.82, 2.24) is 0 Å². The molecule has 3 amide bonds. The molecule has 0 aliphatic heterocycles. The molecule has 0 fully saturated rings. The number of anilines is 1. The lowest BCUT2D eigenvalue weighted by molar-refractivity contribution is -0.119. The number of rotatable bonds is 8. The number of carbonyl (C=O) groups is 4. The number of ether oxygens (including phenoxy) is 1. The number of hydrogen-bond acceptors (Lipinski definition) is 6. The standard InChI is InChI=1S/C23H27N3O6/c1-11(2)13-8-17(12(3)4)20(28)18(9-13)23(31)32-10-19(27)26-16-6-14(21(24)29)5-15(7-16)22(25)30/h5-9,11-12,28H,10H2,1-4H3,(H2,24,29)(H2,25,30)(H,26,27). The molecule has 0 radical (unpaired) electrons. The van der Waals surface area contributed by atoms with E-state index in [1.807, 2.05) is 33.8 Å². The second-order valence-corrected chi connectivity index (χ2v) is 7.97. The van der Waals surface area contributed by atoms with E-state index in [-0.39, 0.29) is 40.0 Å². The highest BCUT2D eigenvalue weighted by Gasteiger charge is 2.21. The lowest BCUT2D eigenvalue weighted by Crippen LogP contribution is -2.22. The Morgan fingerprint density at radius 3 is 1.94 bits per heavy atom. The van der Waals surface area contributed by atoms with Crippen LogP contribution in [0.25, 0.3) is 0 Å². The fourth-order valence-corrected chi connectivity index (χ4v) is 3.00. The van der Waals surface area contributed by atoms with Crippen molar-refractivity contribution in [3.8, 4) is 5.75 Å². The van der Waals surface area contributed by atoms with Gasteiger partial charge in [0.2, 0.25) is 11.8 Å². The molecule has 0 aliphatic carbocycles. The summed E-state index contributed by atoms with van der Waals surface area (Å²) in [4.78, 5) is 47.7. The van der Waals surface area contributed by atoms with Crippen molar-refractivity contribution in [2.24, 2.45) is 11.5 Å². The molecular formula is C23H27N3O6. The van der Waals surface area contributed by atoms with E-state index in [0.717, 1.165) is 5.56 Å². The quantitative estimate of drug-likeness (QED) is 0.460. The highest BCUT2D eigenvalue weighted by Crippen LogP contribution is 2.33. The molecule has 0 bridgehead atoms. The molecule has 0 aromatic heterocycles. The maximum absolute atomic E-state index is 12.6. The van der Waals surface area contributed by atoms with Crippen LogP contribution < -0.4 is 16.8 Å². The van der Waals surface area contributed by atoms with Gasteiger partial charge in [0.05, 0.1) is 0 Å². The minimum absolute atomic E-state index is 0.0229. The molecule has 0 unspecified atom stereocenters. The molecule has 0 heterocycles. The average Bonchev–Trinajstić information content (AvgIpc) is 2.71. The summed E-state index contributed by atoms with van der Waals surface area (Å²) < 4.78 is 5.07. The molecule has 0 aliphatic rings. The van der Waals surface area contributed by atoms with Gasteiger partial charge >= 0.3 is 5.97 Å². The predicted molar refractivity (Wildman–Crippen MR) is 119 cm³/mol. The molecule has 0 atom stereocenters. The number of nitrogens with two attached hydrogens (primary N) is 2. The molecule has 0 saturated heterocycles. The normalized spacial score (nSPS) is 10.8. The number of primary amides is 2. The summed E-state index contributed by atoms with van der Waals surface area (Å²) in [6.45, 7) is 7.04. The van der Waals surface area contributed by atoms with E-state index >= 15 is 0 Å². The van der Waals surface area contributed by atoms with Crippen molar-refractivity contribution in [3.05, 3.63) is 58.1 Å². The number of hydrogen-bond donors (Lipinski definition) is 4. The zero-order chi connectivity index (χ0) is 24.2. The highest BCUT2D eigenvalue weighted by molar-refractivity contribution is 6.02. The van der Waals surface area contributed by atoms with Gasteiger partial charge in [-0.2, -0.15) is 0 Å². The number of amides is 3. The second kappa shape index (κ2) is 9.95. The van der Waals surface area contributed by atoms with Crippen LogP contribution in [0.2, 0.25) is 0 Å². The summed E-state index contributed by atoms with van der Waals surface area (Å²) in [5.41, 5.74) is 11.9. The van der Waals surface area contributed by atoms with E-state index in [1.165, 1.54) is 18.2 Å². The number of phenols is 1. The fourth-order valence-electron chi connectivity index (χ4n) is 3.00. The number of phenolic OH excluding ortho intramolecular Hbond substituents is 1. The minimum atomic E-state index is -0.856. The van der Waals surface area contributed by atoms with E-state index in [0.29, 0.717) is 5.56 Å². The van der Waals surface area contributed by atoms with Crippen molar-refractivity contribution in [1.29, 1.82) is 0 Å². The van der Waals surface area contributed by atoms with Crippen molar-refractivity contribution < 1.29 is 29.0 Å². The molecule has 9 nitrogen and oxygen atoms in total. The summed E-state index contributed by atoms with van der Waals surface area (Å²) in [6.07, 6.45) is 0. The van der Waals surface area contributed by atoms with Gasteiger partial charge in [-0.25, -0.2) is 4.79 Å². The zero-order valence-corrected chi connectivity index (χ0v) is 18.4. The largest absolute Gasteiger partial charge is 0.507 e. The summed E-state index contributed by atoms with van der Waals surface area (Å²) in [5.74, 6) is -3.30. The number of benzene rings is 2. The smallest absolute Gasteiger partial charge is 0.342 e. The minimum Gasteiger partial charge on any atom is -0.507 e. The summed E-state index contributed by atoms with van der Waals surface area (Å²) >= 11 is 0. The average molecular weight is 441 g/mol. The molecule has 170 valence electrons. The predicted octanol–water partition coefficient (Wildman–Crippen LogP) is 2.63. The first kappa shape index (κ1) is 24.4. The van der Waals surface area contributed by atoms with Crippen LogP contribution in [-0.2, 0) is 9.53 Å². The number of aromatic hydroxyl groups is 1. The van der Waals surface area contributed by atoms with Gasteiger partial charge < -0.3 is 26.6 Å². The SMILES string of the molecule is CC(C)c1cc(C(=O)OCC(=O)Nc2cc(C(N)=O)cc(C(N)=O)c2)c(O)c(C(C)C)c1. The van der Waals surface area contributed by atoms with E-state index in [9.17, 15) is 24.3 Å². The van der Waals surface area contributed by atoms with Crippen molar-refractivity contribution in [3.63, 3.8) is 0 Å². The van der Waals surface area contributed by atoms with Gasteiger partial charge in [0.1, 0.15) is 11.3 Å². The van der Waals surface area contributed by atoms with Gasteiger partial charge in [-0.3, -0.25) is 14.4 Å². The Kier molecular flexibility index (Phi) is 7.58. The highest BCUT2D eigenvalue weighted by atomic mass is 16.5. The monoisotopic (exact) mass is 441 g/mol. The lowest BCUT2D eigenvalue weighted by atomic mass is 9.92. The Morgan fingerprint density at radius 2 is 1.47 bits per heavy atom. The Labute approximate surface area is 185 Å². The summed E-state index contributed by atoms with van der Waals surface area (Å²) in [5, 5.41) is 12.9. The van der Waals surface area contributed by atoms with Gasteiger partial charge in [-0.1, -0.05) is 33.8 Å². The maximum atomic E-state index is 12.6. The Hall–Kier alpha value is -3.88. The van der Waals surface area contributed by atoms with Gasteiger partial charge in [-0.15, -0.1) is 0 Å². The Morgan fingerprint density at radius 1 is 0.906 bits per heavy atom. The van der Waals surface area contributed by atoms with E-state index in [1.54, 1.807) is 6.07 Å². The summed E-state index contributed by atoms with van der Waals surface area (Å²) in [7, 11) is 0. The van der Waals surface area contributed by atoms with Crippen LogP contribution in [0, 0.1) is 0 Å². The van der Waals surface area contributed by atoms with Crippen LogP contribution in [0.5, 0.6) is 5.75 Å². The first-order valence-corrected chi connectivity index (χ1v) is 9.99. The maximum Gasteiger partial charge on any atom is 0.342 e. The molecule has 2 aromatic rings. The Bertz CT molecular complexity index is 1040. The van der Waals surface area contributed by atoms with Crippen LogP contribution in [0.3, 0.4) is 0 Å². The molecule has 9 heteroatoms. The molecule has 2 aromatic carbocycles. The molecular weight excluding hydrogens is 414 g/mol. The molecule has 6 N–H and O–H groups in total. The van der Waals surface area contributed by atoms with E-state index < -0.39 is 30.3 Å². The number of esters is 1. The van der Waals surface area contributed by atoms with Gasteiger partial charge in [0.25, 0.3) is 5.91 Å². The molecule has 32 heavy (non-hydrogen) atoms. The summed E-state index contributed by atoms with van der Waals surface area (Å²) in [6, 6.07) is 7.12. The van der Waals surface area contributed by atoms with Crippen LogP contribution in [-0.4, -0.2) is 35.4 Å². The lowest BCUT2D eigenvalue weighted by Gasteiger charge is -2.16. The van der Waals surface area contributed by atoms with Crippen LogP contribution in [0.1, 0.15) is 81.7 Å². The topological polar surface area (TPSA) is 162 Å². The third kappa shape index (κ3) is 5.84. The Balaban J connectivity index is 2.18. The third-order valence-corrected chi connectivity index (χ3v) is 4.79. The number of carbonyl (C=O) groups excluding carboxylic acids is 4.